The Bertz CT molecular complexity index is 905. The van der Waals surface area contributed by atoms with Crippen molar-refractivity contribution in [3.05, 3.63) is 56.8 Å². The Morgan fingerprint density at radius 3 is 2.78 bits per heavy atom. The normalized spacial score (nSPS) is 17.7. The molecule has 1 aliphatic rings. The molecule has 1 atom stereocenters. The molecule has 2 heterocycles. The monoisotopic (exact) mass is 369 g/mol. The van der Waals surface area contributed by atoms with Crippen molar-refractivity contribution in [3.63, 3.8) is 0 Å². The van der Waals surface area contributed by atoms with Gasteiger partial charge < -0.3 is 15.0 Å². The lowest BCUT2D eigenvalue weighted by Crippen LogP contribution is -2.41. The maximum absolute atomic E-state index is 12.6. The number of aromatic nitrogens is 2. The number of H-pyrrole nitrogens is 1. The summed E-state index contributed by atoms with van der Waals surface area (Å²) in [7, 11) is 0. The van der Waals surface area contributed by atoms with Gasteiger partial charge in [-0.15, -0.1) is 0 Å². The maximum Gasteiger partial charge on any atom is 0.345 e. The minimum Gasteiger partial charge on any atom is -0.487 e. The molecule has 0 fully saturated rings. The number of nitrogens with one attached hydrogen (secondary N) is 2. The highest BCUT2D eigenvalue weighted by Crippen LogP contribution is 2.39. The summed E-state index contributed by atoms with van der Waals surface area (Å²) in [5.74, 6) is 0.822. The summed E-state index contributed by atoms with van der Waals surface area (Å²) in [5, 5.41) is 3.16. The SMILES string of the molecule is Cc1ccc2c(c1)OC(C)(C)C[C@H]2NC(=O)CCc1c(C)nc(=O)[nH]c1C. The molecule has 1 amide bonds. The van der Waals surface area contributed by atoms with Crippen LogP contribution < -0.4 is 15.7 Å². The third kappa shape index (κ3) is 4.38. The molecule has 1 aliphatic heterocycles. The first-order valence-corrected chi connectivity index (χ1v) is 9.30. The highest BCUT2D eigenvalue weighted by molar-refractivity contribution is 5.77. The molecule has 1 aromatic carbocycles. The van der Waals surface area contributed by atoms with Crippen LogP contribution in [0.15, 0.2) is 23.0 Å². The molecule has 0 unspecified atom stereocenters. The summed E-state index contributed by atoms with van der Waals surface area (Å²) in [6.45, 7) is 9.74. The van der Waals surface area contributed by atoms with Crippen LogP contribution in [0.2, 0.25) is 0 Å². The second-order valence-corrected chi connectivity index (χ2v) is 7.96. The number of hydrogen-bond donors (Lipinski definition) is 2. The number of carbonyl (C=O) groups is 1. The van der Waals surface area contributed by atoms with Gasteiger partial charge in [-0.1, -0.05) is 12.1 Å². The molecule has 0 radical (unpaired) electrons. The van der Waals surface area contributed by atoms with Gasteiger partial charge >= 0.3 is 5.69 Å². The molecule has 3 rings (SSSR count). The maximum atomic E-state index is 12.6. The Labute approximate surface area is 159 Å². The van der Waals surface area contributed by atoms with Crippen molar-refractivity contribution in [1.82, 2.24) is 15.3 Å². The highest BCUT2D eigenvalue weighted by atomic mass is 16.5. The molecule has 27 heavy (non-hydrogen) atoms. The molecular weight excluding hydrogens is 342 g/mol. The number of amides is 1. The number of carbonyl (C=O) groups excluding carboxylic acids is 1. The van der Waals surface area contributed by atoms with Crippen LogP contribution in [0, 0.1) is 20.8 Å². The summed E-state index contributed by atoms with van der Waals surface area (Å²) in [4.78, 5) is 30.7. The summed E-state index contributed by atoms with van der Waals surface area (Å²) in [5.41, 5.74) is 3.83. The zero-order valence-electron chi connectivity index (χ0n) is 16.6. The molecular formula is C21H27N3O3. The van der Waals surface area contributed by atoms with Crippen molar-refractivity contribution in [2.75, 3.05) is 0 Å². The van der Waals surface area contributed by atoms with Crippen LogP contribution in [0.25, 0.3) is 0 Å². The van der Waals surface area contributed by atoms with Crippen molar-refractivity contribution in [2.24, 2.45) is 0 Å². The first-order valence-electron chi connectivity index (χ1n) is 9.30. The Kier molecular flexibility index (Phi) is 5.09. The van der Waals surface area contributed by atoms with E-state index in [0.29, 0.717) is 25.0 Å². The fraction of sp³-hybridized carbons (Fsp3) is 0.476. The van der Waals surface area contributed by atoms with E-state index in [4.69, 9.17) is 4.74 Å². The standard InChI is InChI=1S/C21H27N3O3/c1-12-6-7-16-17(11-21(4,5)27-18(16)10-12)24-19(25)9-8-15-13(2)22-20(26)23-14(15)3/h6-7,10,17H,8-9,11H2,1-5H3,(H,24,25)(H,22,23,26)/t17-/m1/s1. The summed E-state index contributed by atoms with van der Waals surface area (Å²) < 4.78 is 6.09. The molecule has 2 N–H and O–H groups in total. The molecule has 0 spiro atoms. The molecule has 6 heteroatoms. The largest absolute Gasteiger partial charge is 0.487 e. The Morgan fingerprint density at radius 2 is 2.07 bits per heavy atom. The number of fused-ring (bicyclic) bond motifs is 1. The van der Waals surface area contributed by atoms with E-state index in [-0.39, 0.29) is 23.2 Å². The van der Waals surface area contributed by atoms with E-state index in [9.17, 15) is 9.59 Å². The van der Waals surface area contributed by atoms with Crippen LogP contribution in [-0.2, 0) is 11.2 Å². The highest BCUT2D eigenvalue weighted by Gasteiger charge is 2.34. The van der Waals surface area contributed by atoms with E-state index < -0.39 is 0 Å². The van der Waals surface area contributed by atoms with E-state index in [1.807, 2.05) is 45.9 Å². The smallest absolute Gasteiger partial charge is 0.345 e. The minimum atomic E-state index is -0.352. The molecule has 6 nitrogen and oxygen atoms in total. The summed E-state index contributed by atoms with van der Waals surface area (Å²) in [6.07, 6.45) is 1.60. The van der Waals surface area contributed by atoms with Crippen LogP contribution in [0.4, 0.5) is 0 Å². The van der Waals surface area contributed by atoms with Crippen LogP contribution in [0.3, 0.4) is 0 Å². The van der Waals surface area contributed by atoms with E-state index in [1.165, 1.54) is 0 Å². The van der Waals surface area contributed by atoms with Crippen molar-refractivity contribution >= 4 is 5.91 Å². The third-order valence-electron chi connectivity index (χ3n) is 5.02. The number of hydrogen-bond acceptors (Lipinski definition) is 4. The number of ether oxygens (including phenoxy) is 1. The molecule has 0 bridgehead atoms. The van der Waals surface area contributed by atoms with Crippen LogP contribution >= 0.6 is 0 Å². The zero-order valence-corrected chi connectivity index (χ0v) is 16.6. The molecule has 0 aliphatic carbocycles. The number of benzene rings is 1. The van der Waals surface area contributed by atoms with Gasteiger partial charge in [-0.05, 0) is 58.2 Å². The average Bonchev–Trinajstić information content (AvgIpc) is 2.52. The van der Waals surface area contributed by atoms with Gasteiger partial charge in [0, 0.05) is 29.8 Å². The lowest BCUT2D eigenvalue weighted by molar-refractivity contribution is -0.122. The van der Waals surface area contributed by atoms with Crippen molar-refractivity contribution in [2.45, 2.75) is 65.5 Å². The lowest BCUT2D eigenvalue weighted by Gasteiger charge is -2.38. The minimum absolute atomic E-state index is 0.0192. The van der Waals surface area contributed by atoms with Crippen LogP contribution in [-0.4, -0.2) is 21.5 Å². The summed E-state index contributed by atoms with van der Waals surface area (Å²) >= 11 is 0. The molecule has 2 aromatic rings. The van der Waals surface area contributed by atoms with Gasteiger partial charge in [0.25, 0.3) is 0 Å². The van der Waals surface area contributed by atoms with Gasteiger partial charge in [-0.2, -0.15) is 4.98 Å². The van der Waals surface area contributed by atoms with Crippen molar-refractivity contribution in [1.29, 1.82) is 0 Å². The molecule has 144 valence electrons. The second-order valence-electron chi connectivity index (χ2n) is 7.96. The zero-order chi connectivity index (χ0) is 19.8. The third-order valence-corrected chi connectivity index (χ3v) is 5.02. The van der Waals surface area contributed by atoms with Crippen LogP contribution in [0.1, 0.15) is 60.8 Å². The van der Waals surface area contributed by atoms with Crippen molar-refractivity contribution in [3.8, 4) is 5.75 Å². The fourth-order valence-electron chi connectivity index (χ4n) is 3.72. The first-order chi connectivity index (χ1) is 12.6. The Balaban J connectivity index is 1.72. The number of aromatic amines is 1. The van der Waals surface area contributed by atoms with Gasteiger partial charge in [0.15, 0.2) is 0 Å². The van der Waals surface area contributed by atoms with Gasteiger partial charge in [0.2, 0.25) is 5.91 Å². The van der Waals surface area contributed by atoms with Gasteiger partial charge in [0.1, 0.15) is 11.4 Å². The average molecular weight is 369 g/mol. The number of aryl methyl sites for hydroxylation is 3. The number of rotatable bonds is 4. The number of nitrogens with zero attached hydrogens (tertiary/aromatic N) is 1. The van der Waals surface area contributed by atoms with E-state index in [1.54, 1.807) is 6.92 Å². The summed E-state index contributed by atoms with van der Waals surface area (Å²) in [6, 6.07) is 6.02. The topological polar surface area (TPSA) is 84.1 Å². The van der Waals surface area contributed by atoms with Gasteiger partial charge in [0.05, 0.1) is 6.04 Å². The van der Waals surface area contributed by atoms with Gasteiger partial charge in [-0.3, -0.25) is 4.79 Å². The predicted molar refractivity (Wildman–Crippen MR) is 104 cm³/mol. The fourth-order valence-corrected chi connectivity index (χ4v) is 3.72. The Morgan fingerprint density at radius 1 is 1.33 bits per heavy atom. The predicted octanol–water partition coefficient (Wildman–Crippen LogP) is 3.05. The lowest BCUT2D eigenvalue weighted by atomic mass is 9.89. The van der Waals surface area contributed by atoms with Crippen LogP contribution in [0.5, 0.6) is 5.75 Å². The molecule has 0 saturated carbocycles. The molecule has 1 aromatic heterocycles. The second kappa shape index (κ2) is 7.18. The van der Waals surface area contributed by atoms with E-state index >= 15 is 0 Å². The van der Waals surface area contributed by atoms with E-state index in [2.05, 4.69) is 15.3 Å². The van der Waals surface area contributed by atoms with Gasteiger partial charge in [-0.25, -0.2) is 4.79 Å². The quantitative estimate of drug-likeness (QED) is 0.868. The molecule has 0 saturated heterocycles. The van der Waals surface area contributed by atoms with Crippen molar-refractivity contribution < 1.29 is 9.53 Å². The first kappa shape index (κ1) is 19.1. The Hall–Kier alpha value is -2.63. The van der Waals surface area contributed by atoms with E-state index in [0.717, 1.165) is 28.1 Å².